The minimum absolute atomic E-state index is 0.512. The number of nitrogens with one attached hydrogen (secondary N) is 2. The fourth-order valence-electron chi connectivity index (χ4n) is 2.38. The molecule has 0 aliphatic rings. The van der Waals surface area contributed by atoms with Gasteiger partial charge in [-0.2, -0.15) is 4.98 Å². The zero-order valence-electron chi connectivity index (χ0n) is 14.2. The number of benzene rings is 2. The Kier molecular flexibility index (Phi) is 5.31. The maximum Gasteiger partial charge on any atom is 0.229 e. The Morgan fingerprint density at radius 2 is 1.84 bits per heavy atom. The van der Waals surface area contributed by atoms with Crippen LogP contribution in [0.4, 0.5) is 17.5 Å². The van der Waals surface area contributed by atoms with Crippen LogP contribution in [-0.4, -0.2) is 24.2 Å². The molecule has 0 atom stereocenters. The van der Waals surface area contributed by atoms with E-state index < -0.39 is 0 Å². The van der Waals surface area contributed by atoms with E-state index in [0.29, 0.717) is 12.5 Å². The van der Waals surface area contributed by atoms with Crippen LogP contribution in [0.25, 0.3) is 0 Å². The maximum absolute atomic E-state index is 5.36. The molecule has 0 fully saturated rings. The van der Waals surface area contributed by atoms with E-state index in [1.165, 1.54) is 0 Å². The summed E-state index contributed by atoms with van der Waals surface area (Å²) >= 11 is 0. The standard InChI is InChI=1S/C19H20N4O2/c1-24-16-8-5-7-15(12-16)22-19-20-11-10-18(23-19)21-13-14-6-3-4-9-17(14)25-2/h3-12H,13H2,1-2H3,(H2,20,21,22,23). The molecule has 1 heterocycles. The van der Waals surface area contributed by atoms with Gasteiger partial charge in [-0.1, -0.05) is 24.3 Å². The second-order valence-electron chi connectivity index (χ2n) is 5.29. The molecule has 0 unspecified atom stereocenters. The molecule has 6 heteroatoms. The maximum atomic E-state index is 5.36. The molecule has 2 aromatic carbocycles. The molecular weight excluding hydrogens is 316 g/mol. The zero-order chi connectivity index (χ0) is 17.5. The van der Waals surface area contributed by atoms with Crippen molar-refractivity contribution >= 4 is 17.5 Å². The summed E-state index contributed by atoms with van der Waals surface area (Å²) in [5.74, 6) is 2.86. The van der Waals surface area contributed by atoms with Crippen molar-refractivity contribution in [2.75, 3.05) is 24.9 Å². The highest BCUT2D eigenvalue weighted by atomic mass is 16.5. The predicted octanol–water partition coefficient (Wildman–Crippen LogP) is 3.85. The van der Waals surface area contributed by atoms with Gasteiger partial charge < -0.3 is 20.1 Å². The fraction of sp³-hybridized carbons (Fsp3) is 0.158. The van der Waals surface area contributed by atoms with E-state index in [1.54, 1.807) is 20.4 Å². The van der Waals surface area contributed by atoms with E-state index in [4.69, 9.17) is 9.47 Å². The van der Waals surface area contributed by atoms with E-state index in [9.17, 15) is 0 Å². The predicted molar refractivity (Wildman–Crippen MR) is 98.6 cm³/mol. The minimum Gasteiger partial charge on any atom is -0.497 e. The summed E-state index contributed by atoms with van der Waals surface area (Å²) in [6, 6.07) is 17.3. The first-order chi connectivity index (χ1) is 12.3. The van der Waals surface area contributed by atoms with Gasteiger partial charge in [-0.15, -0.1) is 0 Å². The Hall–Kier alpha value is -3.28. The summed E-state index contributed by atoms with van der Waals surface area (Å²) in [5, 5.41) is 6.46. The smallest absolute Gasteiger partial charge is 0.229 e. The van der Waals surface area contributed by atoms with Crippen molar-refractivity contribution in [1.82, 2.24) is 9.97 Å². The third-order valence-corrected chi connectivity index (χ3v) is 3.63. The van der Waals surface area contributed by atoms with Gasteiger partial charge in [-0.05, 0) is 24.3 Å². The zero-order valence-corrected chi connectivity index (χ0v) is 14.2. The topological polar surface area (TPSA) is 68.3 Å². The number of nitrogens with zero attached hydrogens (tertiary/aromatic N) is 2. The van der Waals surface area contributed by atoms with Gasteiger partial charge in [-0.25, -0.2) is 4.98 Å². The summed E-state index contributed by atoms with van der Waals surface area (Å²) in [6.07, 6.45) is 1.71. The van der Waals surface area contributed by atoms with Crippen molar-refractivity contribution in [3.63, 3.8) is 0 Å². The van der Waals surface area contributed by atoms with Crippen molar-refractivity contribution in [3.05, 3.63) is 66.4 Å². The van der Waals surface area contributed by atoms with Crippen LogP contribution in [0.3, 0.4) is 0 Å². The Balaban J connectivity index is 1.69. The normalized spacial score (nSPS) is 10.2. The molecule has 6 nitrogen and oxygen atoms in total. The lowest BCUT2D eigenvalue weighted by molar-refractivity contribution is 0.410. The molecule has 0 aliphatic carbocycles. The molecule has 0 saturated heterocycles. The SMILES string of the molecule is COc1cccc(Nc2nccc(NCc3ccccc3OC)n2)c1. The van der Waals surface area contributed by atoms with E-state index in [2.05, 4.69) is 20.6 Å². The monoisotopic (exact) mass is 336 g/mol. The lowest BCUT2D eigenvalue weighted by Crippen LogP contribution is -2.05. The third kappa shape index (κ3) is 4.38. The number of hydrogen-bond donors (Lipinski definition) is 2. The first-order valence-corrected chi connectivity index (χ1v) is 7.88. The highest BCUT2D eigenvalue weighted by Crippen LogP contribution is 2.21. The van der Waals surface area contributed by atoms with Crippen molar-refractivity contribution in [1.29, 1.82) is 0 Å². The minimum atomic E-state index is 0.512. The number of rotatable bonds is 7. The summed E-state index contributed by atoms with van der Waals surface area (Å²) in [5.41, 5.74) is 1.92. The average molecular weight is 336 g/mol. The summed E-state index contributed by atoms with van der Waals surface area (Å²) in [4.78, 5) is 8.73. The lowest BCUT2D eigenvalue weighted by Gasteiger charge is -2.11. The van der Waals surface area contributed by atoms with Crippen LogP contribution in [0.2, 0.25) is 0 Å². The number of anilines is 3. The quantitative estimate of drug-likeness (QED) is 0.683. The molecule has 0 radical (unpaired) electrons. The number of aromatic nitrogens is 2. The second-order valence-corrected chi connectivity index (χ2v) is 5.29. The fourth-order valence-corrected chi connectivity index (χ4v) is 2.38. The molecular formula is C19H20N4O2. The van der Waals surface area contributed by atoms with Crippen LogP contribution < -0.4 is 20.1 Å². The van der Waals surface area contributed by atoms with Gasteiger partial charge >= 0.3 is 0 Å². The van der Waals surface area contributed by atoms with E-state index in [1.807, 2.05) is 54.6 Å². The molecule has 25 heavy (non-hydrogen) atoms. The van der Waals surface area contributed by atoms with Crippen LogP contribution in [0.5, 0.6) is 11.5 Å². The Morgan fingerprint density at radius 3 is 2.68 bits per heavy atom. The molecule has 3 rings (SSSR count). The number of ether oxygens (including phenoxy) is 2. The second kappa shape index (κ2) is 8.01. The number of para-hydroxylation sites is 1. The molecule has 3 aromatic rings. The molecule has 0 saturated carbocycles. The number of hydrogen-bond acceptors (Lipinski definition) is 6. The lowest BCUT2D eigenvalue weighted by atomic mass is 10.2. The van der Waals surface area contributed by atoms with Crippen molar-refractivity contribution in [2.45, 2.75) is 6.54 Å². The van der Waals surface area contributed by atoms with E-state index in [-0.39, 0.29) is 0 Å². The highest BCUT2D eigenvalue weighted by molar-refractivity contribution is 5.57. The van der Waals surface area contributed by atoms with Gasteiger partial charge in [-0.3, -0.25) is 0 Å². The van der Waals surface area contributed by atoms with Crippen LogP contribution >= 0.6 is 0 Å². The van der Waals surface area contributed by atoms with Crippen LogP contribution in [0.15, 0.2) is 60.8 Å². The largest absolute Gasteiger partial charge is 0.497 e. The van der Waals surface area contributed by atoms with Crippen LogP contribution in [-0.2, 0) is 6.54 Å². The number of methoxy groups -OCH3 is 2. The van der Waals surface area contributed by atoms with Crippen molar-refractivity contribution in [2.24, 2.45) is 0 Å². The van der Waals surface area contributed by atoms with Gasteiger partial charge in [0.15, 0.2) is 0 Å². The van der Waals surface area contributed by atoms with Crippen molar-refractivity contribution < 1.29 is 9.47 Å². The van der Waals surface area contributed by atoms with E-state index >= 15 is 0 Å². The summed E-state index contributed by atoms with van der Waals surface area (Å²) < 4.78 is 10.6. The molecule has 2 N–H and O–H groups in total. The summed E-state index contributed by atoms with van der Waals surface area (Å²) in [7, 11) is 3.30. The van der Waals surface area contributed by atoms with Crippen LogP contribution in [0, 0.1) is 0 Å². The molecule has 1 aromatic heterocycles. The Morgan fingerprint density at radius 1 is 0.960 bits per heavy atom. The Labute approximate surface area is 146 Å². The molecule has 0 spiro atoms. The van der Waals surface area contributed by atoms with Gasteiger partial charge in [0.05, 0.1) is 14.2 Å². The molecule has 128 valence electrons. The summed E-state index contributed by atoms with van der Waals surface area (Å²) in [6.45, 7) is 0.611. The third-order valence-electron chi connectivity index (χ3n) is 3.63. The van der Waals surface area contributed by atoms with E-state index in [0.717, 1.165) is 28.6 Å². The first-order valence-electron chi connectivity index (χ1n) is 7.88. The molecule has 0 amide bonds. The molecule has 0 bridgehead atoms. The van der Waals surface area contributed by atoms with Gasteiger partial charge in [0.25, 0.3) is 0 Å². The van der Waals surface area contributed by atoms with Gasteiger partial charge in [0, 0.05) is 30.1 Å². The van der Waals surface area contributed by atoms with Crippen LogP contribution in [0.1, 0.15) is 5.56 Å². The highest BCUT2D eigenvalue weighted by Gasteiger charge is 2.04. The average Bonchev–Trinajstić information content (AvgIpc) is 2.67. The molecule has 0 aliphatic heterocycles. The Bertz CT molecular complexity index is 839. The first kappa shape index (κ1) is 16.6. The van der Waals surface area contributed by atoms with Gasteiger partial charge in [0.2, 0.25) is 5.95 Å². The van der Waals surface area contributed by atoms with Gasteiger partial charge in [0.1, 0.15) is 17.3 Å². The van der Waals surface area contributed by atoms with Crippen molar-refractivity contribution in [3.8, 4) is 11.5 Å².